The minimum Gasteiger partial charge on any atom is -0.336 e. The summed E-state index contributed by atoms with van der Waals surface area (Å²) in [7, 11) is 0. The molecule has 2 heterocycles. The molecule has 2 nitrogen and oxygen atoms in total. The van der Waals surface area contributed by atoms with E-state index in [-0.39, 0.29) is 0 Å². The van der Waals surface area contributed by atoms with Crippen LogP contribution in [0.5, 0.6) is 0 Å². The Hall–Kier alpha value is -5.34. The van der Waals surface area contributed by atoms with E-state index in [1.165, 1.54) is 76.3 Å². The van der Waals surface area contributed by atoms with E-state index in [1.54, 1.807) is 0 Å². The molecule has 0 bridgehead atoms. The zero-order chi connectivity index (χ0) is 27.6. The Morgan fingerprint density at radius 2 is 0.476 bits per heavy atom. The van der Waals surface area contributed by atoms with Crippen molar-refractivity contribution in [1.29, 1.82) is 0 Å². The van der Waals surface area contributed by atoms with Gasteiger partial charge in [0.2, 0.25) is 0 Å². The standard InChI is InChI=1S/C40H28N2/c1-2-14-28-27(13-1)35(25-41-37-21-9-5-17-31(37)32-18-6-10-22-38(32)41)29-15-3-4-16-30(29)36(28)26-42-39-23-11-7-19-33(39)34-20-8-12-24-40(34)42/h1-24H,25-26H2. The minimum atomic E-state index is 0.810. The largest absolute Gasteiger partial charge is 0.336 e. The van der Waals surface area contributed by atoms with E-state index in [9.17, 15) is 0 Å². The van der Waals surface area contributed by atoms with Crippen molar-refractivity contribution in [2.75, 3.05) is 0 Å². The molecule has 0 aliphatic rings. The lowest BCUT2D eigenvalue weighted by atomic mass is 9.91. The second kappa shape index (κ2) is 9.09. The zero-order valence-electron chi connectivity index (χ0n) is 23.2. The first-order valence-corrected chi connectivity index (χ1v) is 14.7. The van der Waals surface area contributed by atoms with Crippen LogP contribution in [0.3, 0.4) is 0 Å². The molecular formula is C40H28N2. The fraction of sp³-hybridized carbons (Fsp3) is 0.0500. The summed E-state index contributed by atoms with van der Waals surface area (Å²) in [5, 5.41) is 10.6. The summed E-state index contributed by atoms with van der Waals surface area (Å²) in [5.74, 6) is 0. The molecule has 7 aromatic carbocycles. The lowest BCUT2D eigenvalue weighted by molar-refractivity contribution is 0.873. The summed E-state index contributed by atoms with van der Waals surface area (Å²) in [5.41, 5.74) is 7.86. The average molecular weight is 537 g/mol. The van der Waals surface area contributed by atoms with Crippen molar-refractivity contribution in [3.8, 4) is 0 Å². The Bertz CT molecular complexity index is 2140. The number of aromatic nitrogens is 2. The molecule has 9 aromatic rings. The first-order chi connectivity index (χ1) is 20.9. The number of benzene rings is 7. The number of rotatable bonds is 4. The third-order valence-electron chi connectivity index (χ3n) is 9.15. The molecule has 0 fully saturated rings. The van der Waals surface area contributed by atoms with Crippen LogP contribution >= 0.6 is 0 Å². The van der Waals surface area contributed by atoms with Crippen molar-refractivity contribution in [2.45, 2.75) is 13.1 Å². The highest BCUT2D eigenvalue weighted by molar-refractivity contribution is 6.11. The predicted molar refractivity (Wildman–Crippen MR) is 179 cm³/mol. The van der Waals surface area contributed by atoms with Crippen LogP contribution < -0.4 is 0 Å². The average Bonchev–Trinajstić information content (AvgIpc) is 3.55. The van der Waals surface area contributed by atoms with Crippen molar-refractivity contribution in [1.82, 2.24) is 9.13 Å². The molecule has 0 aliphatic carbocycles. The predicted octanol–water partition coefficient (Wildman–Crippen LogP) is 10.3. The van der Waals surface area contributed by atoms with Gasteiger partial charge in [-0.2, -0.15) is 0 Å². The summed E-state index contributed by atoms with van der Waals surface area (Å²) in [4.78, 5) is 0. The van der Waals surface area contributed by atoms with Crippen molar-refractivity contribution >= 4 is 65.2 Å². The molecule has 0 atom stereocenters. The second-order valence-electron chi connectivity index (χ2n) is 11.3. The molecule has 42 heavy (non-hydrogen) atoms. The van der Waals surface area contributed by atoms with E-state index in [4.69, 9.17) is 0 Å². The number of hydrogen-bond acceptors (Lipinski definition) is 0. The summed E-state index contributed by atoms with van der Waals surface area (Å²) in [6.45, 7) is 1.62. The highest BCUT2D eigenvalue weighted by Crippen LogP contribution is 2.38. The molecule has 0 amide bonds. The Kier molecular flexibility index (Phi) is 5.06. The fourth-order valence-corrected chi connectivity index (χ4v) is 7.31. The molecule has 0 spiro atoms. The second-order valence-corrected chi connectivity index (χ2v) is 11.3. The molecule has 2 aromatic heterocycles. The first-order valence-electron chi connectivity index (χ1n) is 14.7. The molecule has 0 unspecified atom stereocenters. The first kappa shape index (κ1) is 23.4. The highest BCUT2D eigenvalue weighted by Gasteiger charge is 2.18. The molecular weight excluding hydrogens is 508 g/mol. The van der Waals surface area contributed by atoms with Gasteiger partial charge in [-0.25, -0.2) is 0 Å². The summed E-state index contributed by atoms with van der Waals surface area (Å²) < 4.78 is 5.01. The maximum atomic E-state index is 2.51. The van der Waals surface area contributed by atoms with Crippen LogP contribution in [0.4, 0.5) is 0 Å². The van der Waals surface area contributed by atoms with Crippen LogP contribution in [0.2, 0.25) is 0 Å². The Balaban J connectivity index is 1.32. The molecule has 0 aliphatic heterocycles. The minimum absolute atomic E-state index is 0.810. The third-order valence-corrected chi connectivity index (χ3v) is 9.15. The van der Waals surface area contributed by atoms with Crippen molar-refractivity contribution in [2.24, 2.45) is 0 Å². The third kappa shape index (κ3) is 3.33. The molecule has 0 saturated carbocycles. The topological polar surface area (TPSA) is 9.86 Å². The molecule has 198 valence electrons. The molecule has 9 rings (SSSR count). The van der Waals surface area contributed by atoms with E-state index in [0.29, 0.717) is 0 Å². The van der Waals surface area contributed by atoms with E-state index >= 15 is 0 Å². The van der Waals surface area contributed by atoms with Gasteiger partial charge in [0.1, 0.15) is 0 Å². The van der Waals surface area contributed by atoms with Gasteiger partial charge >= 0.3 is 0 Å². The smallest absolute Gasteiger partial charge is 0.0494 e. The van der Waals surface area contributed by atoms with Crippen molar-refractivity contribution in [3.63, 3.8) is 0 Å². The molecule has 0 saturated heterocycles. The van der Waals surface area contributed by atoms with Gasteiger partial charge in [0.05, 0.1) is 0 Å². The maximum absolute atomic E-state index is 2.51. The van der Waals surface area contributed by atoms with Crippen molar-refractivity contribution in [3.05, 3.63) is 157 Å². The van der Waals surface area contributed by atoms with Gasteiger partial charge in [0, 0.05) is 56.7 Å². The lowest BCUT2D eigenvalue weighted by Crippen LogP contribution is -2.05. The normalized spacial score (nSPS) is 12.0. The van der Waals surface area contributed by atoms with E-state index in [2.05, 4.69) is 155 Å². The van der Waals surface area contributed by atoms with E-state index < -0.39 is 0 Å². The molecule has 0 radical (unpaired) electrons. The Labute approximate surface area is 243 Å². The molecule has 0 N–H and O–H groups in total. The van der Waals surface area contributed by atoms with Crippen LogP contribution in [0.25, 0.3) is 65.2 Å². The van der Waals surface area contributed by atoms with E-state index in [0.717, 1.165) is 13.1 Å². The zero-order valence-corrected chi connectivity index (χ0v) is 23.2. The van der Waals surface area contributed by atoms with Gasteiger partial charge in [-0.15, -0.1) is 0 Å². The van der Waals surface area contributed by atoms with Crippen LogP contribution in [0.15, 0.2) is 146 Å². The quantitative estimate of drug-likeness (QED) is 0.198. The van der Waals surface area contributed by atoms with E-state index in [1.807, 2.05) is 0 Å². The van der Waals surface area contributed by atoms with Crippen molar-refractivity contribution < 1.29 is 0 Å². The van der Waals surface area contributed by atoms with Gasteiger partial charge in [-0.1, -0.05) is 121 Å². The van der Waals surface area contributed by atoms with Gasteiger partial charge in [0.15, 0.2) is 0 Å². The number of para-hydroxylation sites is 4. The highest BCUT2D eigenvalue weighted by atomic mass is 15.0. The monoisotopic (exact) mass is 536 g/mol. The van der Waals surface area contributed by atoms with Gasteiger partial charge in [0.25, 0.3) is 0 Å². The van der Waals surface area contributed by atoms with Gasteiger partial charge in [-0.05, 0) is 56.9 Å². The summed E-state index contributed by atoms with van der Waals surface area (Å²) in [6, 6.07) is 53.3. The SMILES string of the molecule is c1ccc2c(Cn3c4ccccc4c4ccccc43)c3ccccc3c(Cn3c4ccccc4c4ccccc43)c2c1. The number of hydrogen-bond donors (Lipinski definition) is 0. The van der Waals surface area contributed by atoms with Crippen LogP contribution in [-0.4, -0.2) is 9.13 Å². The molecule has 2 heteroatoms. The maximum Gasteiger partial charge on any atom is 0.0494 e. The van der Waals surface area contributed by atoms with Crippen LogP contribution in [-0.2, 0) is 13.1 Å². The summed E-state index contributed by atoms with van der Waals surface area (Å²) in [6.07, 6.45) is 0. The van der Waals surface area contributed by atoms with Gasteiger partial charge in [-0.3, -0.25) is 0 Å². The Morgan fingerprint density at radius 1 is 0.262 bits per heavy atom. The van der Waals surface area contributed by atoms with Crippen LogP contribution in [0.1, 0.15) is 11.1 Å². The Morgan fingerprint density at radius 3 is 0.738 bits per heavy atom. The summed E-state index contributed by atoms with van der Waals surface area (Å²) >= 11 is 0. The van der Waals surface area contributed by atoms with Crippen LogP contribution in [0, 0.1) is 0 Å². The fourth-order valence-electron chi connectivity index (χ4n) is 7.31. The lowest BCUT2D eigenvalue weighted by Gasteiger charge is -2.19. The number of fused-ring (bicyclic) bond motifs is 8. The van der Waals surface area contributed by atoms with Gasteiger partial charge < -0.3 is 9.13 Å². The number of nitrogens with zero attached hydrogens (tertiary/aromatic N) is 2.